The van der Waals surface area contributed by atoms with Gasteiger partial charge in [-0.3, -0.25) is 14.3 Å². The second-order valence-corrected chi connectivity index (χ2v) is 7.51. The van der Waals surface area contributed by atoms with Crippen LogP contribution < -0.4 is 15.4 Å². The number of aryl methyl sites for hydroxylation is 1. The van der Waals surface area contributed by atoms with Crippen molar-refractivity contribution in [1.82, 2.24) is 0 Å². The monoisotopic (exact) mass is 359 g/mol. The highest BCUT2D eigenvalue weighted by molar-refractivity contribution is 7.92. The molecule has 0 aliphatic carbocycles. The number of hydrogen-bond acceptors (Lipinski definition) is 4. The molecule has 0 saturated carbocycles. The lowest BCUT2D eigenvalue weighted by Gasteiger charge is -2.12. The molecule has 2 aromatic rings. The molecule has 1 aliphatic rings. The van der Waals surface area contributed by atoms with E-state index in [2.05, 4.69) is 15.4 Å². The first-order chi connectivity index (χ1) is 11.7. The first kappa shape index (κ1) is 17.0. The van der Waals surface area contributed by atoms with E-state index in [0.29, 0.717) is 22.6 Å². The average Bonchev–Trinajstić information content (AvgIpc) is 2.85. The van der Waals surface area contributed by atoms with Crippen molar-refractivity contribution in [2.24, 2.45) is 0 Å². The number of anilines is 3. The van der Waals surface area contributed by atoms with Gasteiger partial charge >= 0.3 is 0 Å². The molecule has 0 spiro atoms. The Hall–Kier alpha value is -2.87. The quantitative estimate of drug-likeness (QED) is 0.779. The van der Waals surface area contributed by atoms with E-state index in [9.17, 15) is 18.0 Å². The predicted octanol–water partition coefficient (Wildman–Crippen LogP) is 2.25. The molecule has 25 heavy (non-hydrogen) atoms. The molecular weight excluding hydrogens is 342 g/mol. The lowest BCUT2D eigenvalue weighted by molar-refractivity contribution is -0.115. The molecule has 0 bridgehead atoms. The summed E-state index contributed by atoms with van der Waals surface area (Å²) in [7, 11) is -3.79. The van der Waals surface area contributed by atoms with Crippen LogP contribution in [-0.4, -0.2) is 20.2 Å². The van der Waals surface area contributed by atoms with Crippen LogP contribution in [0.3, 0.4) is 0 Å². The molecule has 0 radical (unpaired) electrons. The lowest BCUT2D eigenvalue weighted by Crippen LogP contribution is -2.15. The van der Waals surface area contributed by atoms with Gasteiger partial charge < -0.3 is 10.6 Å². The number of fused-ring (bicyclic) bond motifs is 1. The van der Waals surface area contributed by atoms with Gasteiger partial charge in [-0.15, -0.1) is 0 Å². The summed E-state index contributed by atoms with van der Waals surface area (Å²) in [5.41, 5.74) is 2.88. The van der Waals surface area contributed by atoms with Crippen LogP contribution in [0.25, 0.3) is 0 Å². The highest BCUT2D eigenvalue weighted by atomic mass is 32.2. The Morgan fingerprint density at radius 2 is 1.84 bits per heavy atom. The van der Waals surface area contributed by atoms with Crippen molar-refractivity contribution in [3.8, 4) is 0 Å². The summed E-state index contributed by atoms with van der Waals surface area (Å²) in [6, 6.07) is 9.50. The highest BCUT2D eigenvalue weighted by Gasteiger charge is 2.21. The van der Waals surface area contributed by atoms with E-state index in [1.54, 1.807) is 31.2 Å². The summed E-state index contributed by atoms with van der Waals surface area (Å²) in [5.74, 6) is -0.339. The maximum Gasteiger partial charge on any atom is 0.262 e. The standard InChI is InChI=1S/C17H17N3O4S/c1-10-7-13(18-11(2)21)4-6-16(10)25(23,24)20-14-3-5-15-12(8-14)9-17(22)19-15/h3-8,20H,9H2,1-2H3,(H,18,21)(H,19,22). The van der Waals surface area contributed by atoms with Crippen molar-refractivity contribution in [1.29, 1.82) is 0 Å². The van der Waals surface area contributed by atoms with Crippen LogP contribution >= 0.6 is 0 Å². The van der Waals surface area contributed by atoms with Gasteiger partial charge in [-0.2, -0.15) is 0 Å². The third kappa shape index (κ3) is 3.63. The lowest BCUT2D eigenvalue weighted by atomic mass is 10.1. The third-order valence-electron chi connectivity index (χ3n) is 3.77. The van der Waals surface area contributed by atoms with E-state index < -0.39 is 10.0 Å². The van der Waals surface area contributed by atoms with Crippen molar-refractivity contribution in [3.63, 3.8) is 0 Å². The van der Waals surface area contributed by atoms with E-state index in [1.807, 2.05) is 0 Å². The Morgan fingerprint density at radius 1 is 1.12 bits per heavy atom. The molecule has 1 heterocycles. The number of carbonyl (C=O) groups excluding carboxylic acids is 2. The van der Waals surface area contributed by atoms with Crippen molar-refractivity contribution < 1.29 is 18.0 Å². The highest BCUT2D eigenvalue weighted by Crippen LogP contribution is 2.28. The van der Waals surface area contributed by atoms with Crippen LogP contribution in [0.1, 0.15) is 18.1 Å². The number of sulfonamides is 1. The minimum absolute atomic E-state index is 0.112. The van der Waals surface area contributed by atoms with E-state index >= 15 is 0 Å². The SMILES string of the molecule is CC(=O)Nc1ccc(S(=O)(=O)Nc2ccc3c(c2)CC(=O)N3)c(C)c1. The van der Waals surface area contributed by atoms with Crippen molar-refractivity contribution in [2.75, 3.05) is 15.4 Å². The zero-order valence-corrected chi connectivity index (χ0v) is 14.5. The molecule has 2 aromatic carbocycles. The van der Waals surface area contributed by atoms with Gasteiger partial charge in [-0.25, -0.2) is 8.42 Å². The molecule has 1 aliphatic heterocycles. The molecular formula is C17H17N3O4S. The second kappa shape index (κ2) is 6.21. The zero-order chi connectivity index (χ0) is 18.2. The van der Waals surface area contributed by atoms with Gasteiger partial charge in [0.2, 0.25) is 11.8 Å². The Morgan fingerprint density at radius 3 is 2.52 bits per heavy atom. The first-order valence-electron chi connectivity index (χ1n) is 7.58. The van der Waals surface area contributed by atoms with Crippen LogP contribution in [0.5, 0.6) is 0 Å². The summed E-state index contributed by atoms with van der Waals surface area (Å²) in [4.78, 5) is 22.6. The molecule has 130 valence electrons. The number of nitrogens with one attached hydrogen (secondary N) is 3. The predicted molar refractivity (Wildman–Crippen MR) is 95.1 cm³/mol. The van der Waals surface area contributed by atoms with Crippen LogP contribution in [-0.2, 0) is 26.0 Å². The van der Waals surface area contributed by atoms with Crippen molar-refractivity contribution in [2.45, 2.75) is 25.2 Å². The molecule has 0 saturated heterocycles. The second-order valence-electron chi connectivity index (χ2n) is 5.86. The van der Waals surface area contributed by atoms with E-state index in [1.165, 1.54) is 19.1 Å². The summed E-state index contributed by atoms with van der Waals surface area (Å²) in [6.07, 6.45) is 0.231. The molecule has 7 nitrogen and oxygen atoms in total. The topological polar surface area (TPSA) is 104 Å². The fraction of sp³-hybridized carbons (Fsp3) is 0.176. The van der Waals surface area contributed by atoms with Gasteiger partial charge in [-0.1, -0.05) is 0 Å². The van der Waals surface area contributed by atoms with Crippen LogP contribution in [0.4, 0.5) is 17.1 Å². The third-order valence-corrected chi connectivity index (χ3v) is 5.31. The normalized spacial score (nSPS) is 13.1. The van der Waals surface area contributed by atoms with Gasteiger partial charge in [0.15, 0.2) is 0 Å². The fourth-order valence-corrected chi connectivity index (χ4v) is 4.01. The maximum absolute atomic E-state index is 12.6. The summed E-state index contributed by atoms with van der Waals surface area (Å²) >= 11 is 0. The van der Waals surface area contributed by atoms with Gasteiger partial charge in [-0.05, 0) is 54.4 Å². The van der Waals surface area contributed by atoms with Gasteiger partial charge in [0.1, 0.15) is 0 Å². The van der Waals surface area contributed by atoms with E-state index in [4.69, 9.17) is 0 Å². The molecule has 3 rings (SSSR count). The summed E-state index contributed by atoms with van der Waals surface area (Å²) < 4.78 is 27.8. The fourth-order valence-electron chi connectivity index (χ4n) is 2.73. The summed E-state index contributed by atoms with van der Waals surface area (Å²) in [5, 5.41) is 5.31. The number of carbonyl (C=O) groups is 2. The molecule has 8 heteroatoms. The number of rotatable bonds is 4. The number of amides is 2. The van der Waals surface area contributed by atoms with Gasteiger partial charge in [0.05, 0.1) is 11.3 Å². The van der Waals surface area contributed by atoms with Crippen LogP contribution in [0, 0.1) is 6.92 Å². The van der Waals surface area contributed by atoms with E-state index in [-0.39, 0.29) is 23.1 Å². The number of hydrogen-bond donors (Lipinski definition) is 3. The van der Waals surface area contributed by atoms with Crippen LogP contribution in [0.15, 0.2) is 41.3 Å². The smallest absolute Gasteiger partial charge is 0.262 e. The first-order valence-corrected chi connectivity index (χ1v) is 9.07. The van der Waals surface area contributed by atoms with Gasteiger partial charge in [0.25, 0.3) is 10.0 Å². The molecule has 0 unspecified atom stereocenters. The van der Waals surface area contributed by atoms with Gasteiger partial charge in [0, 0.05) is 24.0 Å². The van der Waals surface area contributed by atoms with E-state index in [0.717, 1.165) is 5.56 Å². The minimum atomic E-state index is -3.79. The molecule has 3 N–H and O–H groups in total. The molecule has 0 atom stereocenters. The van der Waals surface area contributed by atoms with Crippen molar-refractivity contribution in [3.05, 3.63) is 47.5 Å². The average molecular weight is 359 g/mol. The zero-order valence-electron chi connectivity index (χ0n) is 13.7. The van der Waals surface area contributed by atoms with Crippen LogP contribution in [0.2, 0.25) is 0 Å². The largest absolute Gasteiger partial charge is 0.326 e. The number of benzene rings is 2. The summed E-state index contributed by atoms with van der Waals surface area (Å²) in [6.45, 7) is 3.04. The Kier molecular flexibility index (Phi) is 4.22. The Balaban J connectivity index is 1.86. The Labute approximate surface area is 145 Å². The minimum Gasteiger partial charge on any atom is -0.326 e. The molecule has 0 fully saturated rings. The Bertz CT molecular complexity index is 983. The molecule has 2 amide bonds. The molecule has 0 aromatic heterocycles. The van der Waals surface area contributed by atoms with Crippen molar-refractivity contribution >= 4 is 38.9 Å². The maximum atomic E-state index is 12.6.